The van der Waals surface area contributed by atoms with Gasteiger partial charge in [-0.25, -0.2) is 9.97 Å². The maximum absolute atomic E-state index is 15.3. The van der Waals surface area contributed by atoms with E-state index < -0.39 is 7.14 Å². The van der Waals surface area contributed by atoms with Crippen molar-refractivity contribution in [3.8, 4) is 0 Å². The standard InChI is InChI=1S/C31H20N3OP/c35-36(23-11-3-1-4-12-23,24-13-5-2-6-14-24)31-26-20-22-18-17-21-10-9-19-32-28(21)29(22)34-30(26)25-15-7-8-16-27(25)33-31/h1-20H. The van der Waals surface area contributed by atoms with Crippen LogP contribution in [0.2, 0.25) is 0 Å². The van der Waals surface area contributed by atoms with Crippen LogP contribution >= 0.6 is 7.14 Å². The number of benzene rings is 4. The van der Waals surface area contributed by atoms with Crippen LogP contribution in [0.1, 0.15) is 0 Å². The third-order valence-electron chi connectivity index (χ3n) is 6.72. The van der Waals surface area contributed by atoms with Crippen LogP contribution in [0.4, 0.5) is 0 Å². The van der Waals surface area contributed by atoms with Gasteiger partial charge in [-0.2, -0.15) is 0 Å². The highest BCUT2D eigenvalue weighted by atomic mass is 31.2. The fraction of sp³-hybridized carbons (Fsp3) is 0. The van der Waals surface area contributed by atoms with Crippen LogP contribution in [0.5, 0.6) is 0 Å². The normalized spacial score (nSPS) is 12.0. The number of pyridine rings is 3. The second-order valence-electron chi connectivity index (χ2n) is 8.83. The highest BCUT2D eigenvalue weighted by Gasteiger charge is 2.34. The summed E-state index contributed by atoms with van der Waals surface area (Å²) in [5.74, 6) is 0. The van der Waals surface area contributed by atoms with E-state index in [1.54, 1.807) is 6.20 Å². The predicted molar refractivity (Wildman–Crippen MR) is 149 cm³/mol. The maximum Gasteiger partial charge on any atom is 0.189 e. The predicted octanol–water partition coefficient (Wildman–Crippen LogP) is 6.12. The molecule has 3 heterocycles. The molecule has 5 heteroatoms. The minimum Gasteiger partial charge on any atom is -0.307 e. The fourth-order valence-electron chi connectivity index (χ4n) is 5.01. The molecular formula is C31H20N3OP. The lowest BCUT2D eigenvalue weighted by Crippen LogP contribution is -2.28. The molecule has 0 spiro atoms. The van der Waals surface area contributed by atoms with Crippen LogP contribution in [0.15, 0.2) is 121 Å². The van der Waals surface area contributed by atoms with Gasteiger partial charge in [-0.1, -0.05) is 97.1 Å². The number of aromatic nitrogens is 3. The number of rotatable bonds is 3. The van der Waals surface area contributed by atoms with Crippen LogP contribution in [0.25, 0.3) is 43.6 Å². The molecule has 3 aromatic heterocycles. The van der Waals surface area contributed by atoms with E-state index in [1.165, 1.54) is 0 Å². The molecule has 0 saturated carbocycles. The Bertz CT molecular complexity index is 1930. The quantitative estimate of drug-likeness (QED) is 0.173. The van der Waals surface area contributed by atoms with Crippen molar-refractivity contribution in [3.63, 3.8) is 0 Å². The smallest absolute Gasteiger partial charge is 0.189 e. The molecule has 7 rings (SSSR count). The lowest BCUT2D eigenvalue weighted by atomic mass is 10.1. The van der Waals surface area contributed by atoms with Crippen LogP contribution < -0.4 is 16.0 Å². The molecule has 0 radical (unpaired) electrons. The van der Waals surface area contributed by atoms with Crippen LogP contribution in [0.3, 0.4) is 0 Å². The van der Waals surface area contributed by atoms with E-state index in [0.717, 1.165) is 54.2 Å². The Labute approximate surface area is 207 Å². The zero-order valence-electron chi connectivity index (χ0n) is 19.2. The highest BCUT2D eigenvalue weighted by molar-refractivity contribution is 7.85. The molecule has 0 unspecified atom stereocenters. The largest absolute Gasteiger partial charge is 0.307 e. The van der Waals surface area contributed by atoms with Crippen LogP contribution in [0, 0.1) is 0 Å². The number of hydrogen-bond acceptors (Lipinski definition) is 4. The second-order valence-corrected chi connectivity index (χ2v) is 11.5. The van der Waals surface area contributed by atoms with Crippen molar-refractivity contribution in [1.29, 1.82) is 0 Å². The SMILES string of the molecule is O=P(c1ccccc1)(c1ccccc1)c1nc2ccccc2c2nc3c(ccc4cccnc43)cc12. The van der Waals surface area contributed by atoms with Gasteiger partial charge in [-0.05, 0) is 18.2 Å². The molecule has 0 amide bonds. The van der Waals surface area contributed by atoms with Crippen molar-refractivity contribution in [2.75, 3.05) is 0 Å². The Morgan fingerprint density at radius 1 is 0.528 bits per heavy atom. The van der Waals surface area contributed by atoms with Gasteiger partial charge < -0.3 is 4.57 Å². The number of hydrogen-bond donors (Lipinski definition) is 0. The number of para-hydroxylation sites is 1. The molecule has 4 aromatic carbocycles. The summed E-state index contributed by atoms with van der Waals surface area (Å²) in [5, 5.41) is 5.21. The van der Waals surface area contributed by atoms with Gasteiger partial charge in [-0.3, -0.25) is 4.98 Å². The molecule has 7 aromatic rings. The molecule has 4 nitrogen and oxygen atoms in total. The van der Waals surface area contributed by atoms with Crippen molar-refractivity contribution in [2.24, 2.45) is 0 Å². The fourth-order valence-corrected chi connectivity index (χ4v) is 7.74. The summed E-state index contributed by atoms with van der Waals surface area (Å²) in [6.07, 6.45) is 1.79. The Morgan fingerprint density at radius 2 is 1.19 bits per heavy atom. The van der Waals surface area contributed by atoms with Crippen molar-refractivity contribution in [2.45, 2.75) is 0 Å². The van der Waals surface area contributed by atoms with E-state index in [0.29, 0.717) is 5.44 Å². The topological polar surface area (TPSA) is 55.7 Å². The van der Waals surface area contributed by atoms with E-state index in [4.69, 9.17) is 9.97 Å². The summed E-state index contributed by atoms with van der Waals surface area (Å²) >= 11 is 0. The van der Waals surface area contributed by atoms with E-state index in [-0.39, 0.29) is 0 Å². The number of nitrogens with zero attached hydrogens (tertiary/aromatic N) is 3. The van der Waals surface area contributed by atoms with E-state index >= 15 is 4.57 Å². The van der Waals surface area contributed by atoms with E-state index in [9.17, 15) is 0 Å². The third-order valence-corrected chi connectivity index (χ3v) is 9.71. The average Bonchev–Trinajstić information content (AvgIpc) is 2.96. The summed E-state index contributed by atoms with van der Waals surface area (Å²) < 4.78 is 15.3. The highest BCUT2D eigenvalue weighted by Crippen LogP contribution is 2.44. The molecule has 0 aliphatic rings. The maximum atomic E-state index is 15.3. The molecule has 0 aliphatic carbocycles. The van der Waals surface area contributed by atoms with Gasteiger partial charge in [0.05, 0.1) is 22.1 Å². The van der Waals surface area contributed by atoms with Crippen molar-refractivity contribution < 1.29 is 4.57 Å². The van der Waals surface area contributed by atoms with Gasteiger partial charge >= 0.3 is 0 Å². The molecule has 0 aliphatic heterocycles. The zero-order valence-corrected chi connectivity index (χ0v) is 20.1. The van der Waals surface area contributed by atoms with Gasteiger partial charge in [0, 0.05) is 38.4 Å². The Kier molecular flexibility index (Phi) is 4.70. The molecule has 0 bridgehead atoms. The molecule has 0 fully saturated rings. The summed E-state index contributed by atoms with van der Waals surface area (Å²) in [5.41, 5.74) is 3.80. The first-order chi connectivity index (χ1) is 17.7. The average molecular weight is 481 g/mol. The van der Waals surface area contributed by atoms with Gasteiger partial charge in [-0.15, -0.1) is 0 Å². The lowest BCUT2D eigenvalue weighted by molar-refractivity contribution is 0.592. The summed E-state index contributed by atoms with van der Waals surface area (Å²) in [4.78, 5) is 14.9. The Morgan fingerprint density at radius 3 is 1.94 bits per heavy atom. The third kappa shape index (κ3) is 3.08. The first kappa shape index (κ1) is 20.9. The van der Waals surface area contributed by atoms with Gasteiger partial charge in [0.15, 0.2) is 7.14 Å². The van der Waals surface area contributed by atoms with E-state index in [2.05, 4.69) is 23.2 Å². The number of fused-ring (bicyclic) bond motifs is 6. The van der Waals surface area contributed by atoms with E-state index in [1.807, 2.05) is 97.1 Å². The van der Waals surface area contributed by atoms with Gasteiger partial charge in [0.2, 0.25) is 0 Å². The lowest BCUT2D eigenvalue weighted by Gasteiger charge is -2.21. The van der Waals surface area contributed by atoms with Crippen LogP contribution in [-0.2, 0) is 4.57 Å². The van der Waals surface area contributed by atoms with Crippen molar-refractivity contribution in [3.05, 3.63) is 121 Å². The summed E-state index contributed by atoms with van der Waals surface area (Å²) in [6, 6.07) is 37.5. The molecule has 36 heavy (non-hydrogen) atoms. The molecule has 0 saturated heterocycles. The zero-order chi connectivity index (χ0) is 24.1. The first-order valence-electron chi connectivity index (χ1n) is 11.8. The minimum absolute atomic E-state index is 0.559. The Hall–Kier alpha value is -4.40. The molecule has 170 valence electrons. The molecular weight excluding hydrogens is 461 g/mol. The molecule has 0 N–H and O–H groups in total. The molecule has 0 atom stereocenters. The Balaban J connectivity index is 1.68. The van der Waals surface area contributed by atoms with Gasteiger partial charge in [0.25, 0.3) is 0 Å². The van der Waals surface area contributed by atoms with Crippen molar-refractivity contribution >= 4 is 66.8 Å². The first-order valence-corrected chi connectivity index (χ1v) is 13.5. The summed E-state index contributed by atoms with van der Waals surface area (Å²) in [7, 11) is -3.32. The minimum atomic E-state index is -3.32. The monoisotopic (exact) mass is 481 g/mol. The van der Waals surface area contributed by atoms with Crippen LogP contribution in [-0.4, -0.2) is 15.0 Å². The second kappa shape index (κ2) is 8.08. The van der Waals surface area contributed by atoms with Crippen molar-refractivity contribution in [1.82, 2.24) is 15.0 Å². The summed E-state index contributed by atoms with van der Waals surface area (Å²) in [6.45, 7) is 0. The van der Waals surface area contributed by atoms with Gasteiger partial charge in [0.1, 0.15) is 5.44 Å².